The first kappa shape index (κ1) is 19.7. The largest absolute Gasteiger partial charge is 0.382 e. The number of carbonyl (C=O) groups excluding carboxylic acids is 1. The lowest BCUT2D eigenvalue weighted by molar-refractivity contribution is -0.130. The Morgan fingerprint density at radius 1 is 1.52 bits per heavy atom. The van der Waals surface area contributed by atoms with Gasteiger partial charge in [0.2, 0.25) is 0 Å². The molecule has 1 saturated carbocycles. The average Bonchev–Trinajstić information content (AvgIpc) is 2.59. The van der Waals surface area contributed by atoms with Gasteiger partial charge in [-0.2, -0.15) is 5.10 Å². The van der Waals surface area contributed by atoms with Gasteiger partial charge in [-0.25, -0.2) is 4.68 Å². The number of aliphatic hydroxyl groups is 1. The molecule has 140 valence electrons. The van der Waals surface area contributed by atoms with Gasteiger partial charge in [-0.15, -0.1) is 0 Å². The molecule has 1 aromatic rings. The maximum Gasteiger partial charge on any atom is 0.287 e. The van der Waals surface area contributed by atoms with E-state index in [4.69, 9.17) is 17.3 Å². The molecule has 0 aromatic carbocycles. The van der Waals surface area contributed by atoms with E-state index in [1.807, 2.05) is 0 Å². The molecule has 1 heterocycles. The van der Waals surface area contributed by atoms with Gasteiger partial charge in [-0.3, -0.25) is 20.0 Å². The first-order chi connectivity index (χ1) is 11.8. The van der Waals surface area contributed by atoms with E-state index < -0.39 is 23.6 Å². The molecule has 1 amide bonds. The number of nitrogens with two attached hydrogens (primary N) is 1. The number of hydrazine groups is 1. The van der Waals surface area contributed by atoms with Gasteiger partial charge >= 0.3 is 0 Å². The summed E-state index contributed by atoms with van der Waals surface area (Å²) in [4.78, 5) is 24.0. The lowest BCUT2D eigenvalue weighted by Gasteiger charge is -2.28. The molecule has 0 saturated heterocycles. The first-order valence-electron chi connectivity index (χ1n) is 8.51. The zero-order valence-corrected chi connectivity index (χ0v) is 15.4. The Kier molecular flexibility index (Phi) is 6.80. The Morgan fingerprint density at radius 3 is 2.80 bits per heavy atom. The van der Waals surface area contributed by atoms with Crippen molar-refractivity contribution in [2.75, 3.05) is 12.1 Å². The Bertz CT molecular complexity index is 660. The fourth-order valence-corrected chi connectivity index (χ4v) is 3.46. The van der Waals surface area contributed by atoms with Crippen LogP contribution in [0.1, 0.15) is 38.5 Å². The van der Waals surface area contributed by atoms with E-state index in [-0.39, 0.29) is 10.7 Å². The van der Waals surface area contributed by atoms with Crippen molar-refractivity contribution in [2.45, 2.75) is 50.7 Å². The normalized spacial score (nSPS) is 17.8. The number of nitrogens with zero attached hydrogens (tertiary/aromatic N) is 3. The Morgan fingerprint density at radius 2 is 2.16 bits per heavy atom. The van der Waals surface area contributed by atoms with Gasteiger partial charge < -0.3 is 10.8 Å². The van der Waals surface area contributed by atoms with E-state index in [1.54, 1.807) is 0 Å². The topological polar surface area (TPSA) is 113 Å². The number of amides is 1. The molecule has 0 aliphatic heterocycles. The van der Waals surface area contributed by atoms with Gasteiger partial charge in [0.25, 0.3) is 11.5 Å². The van der Waals surface area contributed by atoms with Crippen molar-refractivity contribution < 1.29 is 9.90 Å². The quantitative estimate of drug-likeness (QED) is 0.630. The zero-order chi connectivity index (χ0) is 18.6. The number of hydrogen-bond acceptors (Lipinski definition) is 6. The fraction of sp³-hybridized carbons (Fsp3) is 0.688. The molecule has 9 heteroatoms. The van der Waals surface area contributed by atoms with Crippen LogP contribution in [0.15, 0.2) is 11.0 Å². The second-order valence-corrected chi connectivity index (χ2v) is 7.03. The Hall–Kier alpha value is -1.64. The van der Waals surface area contributed by atoms with E-state index >= 15 is 0 Å². The molecular formula is C16H26ClN5O3. The summed E-state index contributed by atoms with van der Waals surface area (Å²) in [6.45, 7) is 0. The Labute approximate surface area is 151 Å². The minimum absolute atomic E-state index is 0.0682. The third-order valence-electron chi connectivity index (χ3n) is 4.70. The monoisotopic (exact) mass is 371 g/mol. The molecule has 1 fully saturated rings. The number of anilines is 1. The van der Waals surface area contributed by atoms with E-state index in [9.17, 15) is 14.7 Å². The van der Waals surface area contributed by atoms with Crippen molar-refractivity contribution in [3.05, 3.63) is 21.6 Å². The number of halogens is 1. The van der Waals surface area contributed by atoms with Gasteiger partial charge in [0, 0.05) is 20.1 Å². The van der Waals surface area contributed by atoms with Crippen LogP contribution in [0.4, 0.5) is 5.69 Å². The highest BCUT2D eigenvalue weighted by Crippen LogP contribution is 2.27. The first-order valence-corrected chi connectivity index (χ1v) is 8.88. The second kappa shape index (κ2) is 8.64. The summed E-state index contributed by atoms with van der Waals surface area (Å²) in [6.07, 6.45) is 6.43. The molecule has 4 N–H and O–H groups in total. The van der Waals surface area contributed by atoms with E-state index in [2.05, 4.69) is 10.5 Å². The maximum atomic E-state index is 12.2. The molecule has 1 aliphatic carbocycles. The van der Waals surface area contributed by atoms with Gasteiger partial charge in [0.15, 0.2) is 0 Å². The van der Waals surface area contributed by atoms with Crippen LogP contribution in [0.3, 0.4) is 0 Å². The smallest absolute Gasteiger partial charge is 0.287 e. The second-order valence-electron chi connectivity index (χ2n) is 6.66. The summed E-state index contributed by atoms with van der Waals surface area (Å²) in [5.41, 5.74) is 8.27. The number of rotatable bonds is 6. The van der Waals surface area contributed by atoms with Crippen LogP contribution < -0.4 is 21.7 Å². The number of aryl methyl sites for hydroxylation is 1. The fourth-order valence-electron chi connectivity index (χ4n) is 3.16. The van der Waals surface area contributed by atoms with Crippen LogP contribution >= 0.6 is 11.6 Å². The SMILES string of the molecule is CN(NC(=O)C(O)[C@H](N)CC1CCCCC1)c1cnn(C)c(=O)c1Cl. The van der Waals surface area contributed by atoms with Crippen LogP contribution in [-0.2, 0) is 11.8 Å². The molecule has 1 aromatic heterocycles. The molecule has 8 nitrogen and oxygen atoms in total. The summed E-state index contributed by atoms with van der Waals surface area (Å²) in [5.74, 6) is -0.178. The van der Waals surface area contributed by atoms with Crippen molar-refractivity contribution in [2.24, 2.45) is 18.7 Å². The molecule has 0 bridgehead atoms. The summed E-state index contributed by atoms with van der Waals surface area (Å²) in [7, 11) is 2.99. The third-order valence-corrected chi connectivity index (χ3v) is 5.06. The molecule has 1 aliphatic rings. The molecular weight excluding hydrogens is 346 g/mol. The number of aliphatic hydroxyl groups excluding tert-OH is 1. The highest BCUT2D eigenvalue weighted by molar-refractivity contribution is 6.33. The zero-order valence-electron chi connectivity index (χ0n) is 14.6. The molecule has 25 heavy (non-hydrogen) atoms. The number of carbonyl (C=O) groups is 1. The predicted octanol–water partition coefficient (Wildman–Crippen LogP) is 0.560. The molecule has 1 unspecified atom stereocenters. The molecule has 2 rings (SSSR count). The molecule has 0 spiro atoms. The van der Waals surface area contributed by atoms with Crippen molar-refractivity contribution in [3.8, 4) is 0 Å². The van der Waals surface area contributed by atoms with Gasteiger partial charge in [-0.05, 0) is 12.3 Å². The summed E-state index contributed by atoms with van der Waals surface area (Å²) in [6, 6.07) is -0.631. The Balaban J connectivity index is 1.95. The summed E-state index contributed by atoms with van der Waals surface area (Å²) in [5, 5.41) is 15.3. The number of aromatic nitrogens is 2. The highest BCUT2D eigenvalue weighted by Gasteiger charge is 2.27. The number of hydrogen-bond donors (Lipinski definition) is 3. The van der Waals surface area contributed by atoms with Crippen molar-refractivity contribution >= 4 is 23.2 Å². The third kappa shape index (κ3) is 4.93. The standard InChI is InChI=1S/C16H26ClN5O3/c1-21(12-9-19-22(2)16(25)13(12)17)20-15(24)14(23)11(18)8-10-6-4-3-5-7-10/h9-11,14,23H,3-8,18H2,1-2H3,(H,20,24)/t11-,14?/m1/s1. The van der Waals surface area contributed by atoms with Crippen LogP contribution in [0.25, 0.3) is 0 Å². The van der Waals surface area contributed by atoms with Gasteiger partial charge in [-0.1, -0.05) is 43.7 Å². The van der Waals surface area contributed by atoms with Crippen molar-refractivity contribution in [3.63, 3.8) is 0 Å². The highest BCUT2D eigenvalue weighted by atomic mass is 35.5. The van der Waals surface area contributed by atoms with Gasteiger partial charge in [0.1, 0.15) is 16.8 Å². The molecule has 0 radical (unpaired) electrons. The number of nitrogens with one attached hydrogen (secondary N) is 1. The summed E-state index contributed by atoms with van der Waals surface area (Å²) < 4.78 is 1.09. The average molecular weight is 372 g/mol. The maximum absolute atomic E-state index is 12.2. The van der Waals surface area contributed by atoms with E-state index in [1.165, 1.54) is 44.6 Å². The van der Waals surface area contributed by atoms with Crippen LogP contribution in [0.5, 0.6) is 0 Å². The predicted molar refractivity (Wildman–Crippen MR) is 96.2 cm³/mol. The summed E-state index contributed by atoms with van der Waals surface area (Å²) >= 11 is 5.99. The lowest BCUT2D eigenvalue weighted by Crippen LogP contribution is -2.52. The van der Waals surface area contributed by atoms with Crippen LogP contribution in [-0.4, -0.2) is 40.0 Å². The lowest BCUT2D eigenvalue weighted by atomic mass is 9.84. The van der Waals surface area contributed by atoms with E-state index in [0.717, 1.165) is 17.5 Å². The molecule has 2 atom stereocenters. The van der Waals surface area contributed by atoms with Crippen molar-refractivity contribution in [1.82, 2.24) is 15.2 Å². The van der Waals surface area contributed by atoms with Crippen LogP contribution in [0, 0.1) is 5.92 Å². The van der Waals surface area contributed by atoms with Crippen LogP contribution in [0.2, 0.25) is 5.02 Å². The van der Waals surface area contributed by atoms with Gasteiger partial charge in [0.05, 0.1) is 6.20 Å². The van der Waals surface area contributed by atoms with E-state index in [0.29, 0.717) is 12.3 Å². The minimum Gasteiger partial charge on any atom is -0.382 e. The minimum atomic E-state index is -1.33. The van der Waals surface area contributed by atoms with Crippen molar-refractivity contribution in [1.29, 1.82) is 0 Å².